The van der Waals surface area contributed by atoms with Gasteiger partial charge in [0.25, 0.3) is 0 Å². The zero-order chi connectivity index (χ0) is 14.7. The monoisotopic (exact) mass is 278 g/mol. The Hall–Kier alpha value is -1.26. The Balaban J connectivity index is 2.17. The van der Waals surface area contributed by atoms with Crippen LogP contribution in [0.2, 0.25) is 0 Å². The minimum atomic E-state index is 0.309. The molecule has 1 aliphatic rings. The van der Waals surface area contributed by atoms with Gasteiger partial charge >= 0.3 is 0 Å². The van der Waals surface area contributed by atoms with E-state index in [1.165, 1.54) is 18.4 Å². The third-order valence-electron chi connectivity index (χ3n) is 4.43. The molecule has 4 nitrogen and oxygen atoms in total. The van der Waals surface area contributed by atoms with Gasteiger partial charge in [-0.3, -0.25) is 4.90 Å². The van der Waals surface area contributed by atoms with Crippen LogP contribution in [0.3, 0.4) is 0 Å². The maximum Gasteiger partial charge on any atom is 0.161 e. The van der Waals surface area contributed by atoms with Crippen molar-refractivity contribution in [2.24, 2.45) is 11.7 Å². The summed E-state index contributed by atoms with van der Waals surface area (Å²) in [6, 6.07) is 6.90. The number of methoxy groups -OCH3 is 2. The van der Waals surface area contributed by atoms with Crippen LogP contribution in [0, 0.1) is 5.92 Å². The van der Waals surface area contributed by atoms with E-state index < -0.39 is 0 Å². The Morgan fingerprint density at radius 1 is 1.25 bits per heavy atom. The van der Waals surface area contributed by atoms with Crippen molar-refractivity contribution in [3.63, 3.8) is 0 Å². The fraction of sp³-hybridized carbons (Fsp3) is 0.625. The summed E-state index contributed by atoms with van der Waals surface area (Å²) < 4.78 is 10.7. The van der Waals surface area contributed by atoms with Crippen molar-refractivity contribution < 1.29 is 9.47 Å². The average Bonchev–Trinajstić information content (AvgIpc) is 3.31. The van der Waals surface area contributed by atoms with E-state index in [1.54, 1.807) is 14.2 Å². The van der Waals surface area contributed by atoms with E-state index in [0.717, 1.165) is 24.0 Å². The van der Waals surface area contributed by atoms with E-state index >= 15 is 0 Å². The minimum Gasteiger partial charge on any atom is -0.493 e. The van der Waals surface area contributed by atoms with Crippen LogP contribution in [0.1, 0.15) is 31.4 Å². The predicted octanol–water partition coefficient (Wildman–Crippen LogP) is 2.43. The third kappa shape index (κ3) is 3.07. The number of hydrogen-bond acceptors (Lipinski definition) is 4. The molecular weight excluding hydrogens is 252 g/mol. The summed E-state index contributed by atoms with van der Waals surface area (Å²) in [6.45, 7) is 2.94. The zero-order valence-corrected chi connectivity index (χ0v) is 12.9. The lowest BCUT2D eigenvalue weighted by atomic mass is 10.0. The van der Waals surface area contributed by atoms with Crippen molar-refractivity contribution in [2.75, 3.05) is 27.8 Å². The molecule has 0 radical (unpaired) electrons. The first-order chi connectivity index (χ1) is 9.62. The molecule has 1 aromatic rings. The van der Waals surface area contributed by atoms with Crippen molar-refractivity contribution in [2.45, 2.75) is 31.8 Å². The highest BCUT2D eigenvalue weighted by molar-refractivity contribution is 5.43. The Labute approximate surface area is 121 Å². The van der Waals surface area contributed by atoms with Gasteiger partial charge in [0, 0.05) is 18.6 Å². The van der Waals surface area contributed by atoms with Crippen LogP contribution < -0.4 is 15.2 Å². The SMILES string of the molecule is COc1ccc(C(C)N(C)C(CN)C2CC2)cc1OC. The summed E-state index contributed by atoms with van der Waals surface area (Å²) in [6.07, 6.45) is 2.62. The first kappa shape index (κ1) is 15.1. The predicted molar refractivity (Wildman–Crippen MR) is 81.3 cm³/mol. The van der Waals surface area contributed by atoms with E-state index in [-0.39, 0.29) is 0 Å². The fourth-order valence-electron chi connectivity index (χ4n) is 2.81. The maximum atomic E-state index is 5.95. The van der Waals surface area contributed by atoms with Gasteiger partial charge in [0.1, 0.15) is 0 Å². The second-order valence-electron chi connectivity index (χ2n) is 5.60. The Morgan fingerprint density at radius 2 is 1.90 bits per heavy atom. The number of rotatable bonds is 7. The first-order valence-electron chi connectivity index (χ1n) is 7.26. The lowest BCUT2D eigenvalue weighted by molar-refractivity contribution is 0.170. The van der Waals surface area contributed by atoms with Crippen LogP contribution in [0.25, 0.3) is 0 Å². The Kier molecular flexibility index (Phi) is 4.89. The number of hydrogen-bond donors (Lipinski definition) is 1. The van der Waals surface area contributed by atoms with E-state index in [1.807, 2.05) is 6.07 Å². The van der Waals surface area contributed by atoms with Crippen molar-refractivity contribution in [1.29, 1.82) is 0 Å². The normalized spacial score (nSPS) is 17.9. The summed E-state index contributed by atoms with van der Waals surface area (Å²) in [5.41, 5.74) is 7.17. The van der Waals surface area contributed by atoms with Gasteiger partial charge in [-0.2, -0.15) is 0 Å². The van der Waals surface area contributed by atoms with Gasteiger partial charge < -0.3 is 15.2 Å². The molecule has 1 aliphatic carbocycles. The first-order valence-corrected chi connectivity index (χ1v) is 7.26. The second-order valence-corrected chi connectivity index (χ2v) is 5.60. The molecule has 1 fully saturated rings. The molecule has 2 N–H and O–H groups in total. The van der Waals surface area contributed by atoms with Crippen LogP contribution >= 0.6 is 0 Å². The molecule has 0 saturated heterocycles. The van der Waals surface area contributed by atoms with E-state index in [2.05, 4.69) is 31.0 Å². The van der Waals surface area contributed by atoms with Crippen molar-refractivity contribution in [3.8, 4) is 11.5 Å². The van der Waals surface area contributed by atoms with Gasteiger partial charge in [-0.1, -0.05) is 6.07 Å². The molecule has 0 amide bonds. The van der Waals surface area contributed by atoms with Crippen LogP contribution in [-0.2, 0) is 0 Å². The lowest BCUT2D eigenvalue weighted by Gasteiger charge is -2.33. The number of nitrogens with two attached hydrogens (primary N) is 1. The van der Waals surface area contributed by atoms with Gasteiger partial charge in [-0.05, 0) is 50.4 Å². The van der Waals surface area contributed by atoms with Crippen LogP contribution in [-0.4, -0.2) is 38.8 Å². The smallest absolute Gasteiger partial charge is 0.161 e. The molecule has 2 unspecified atom stereocenters. The molecule has 0 aromatic heterocycles. The highest BCUT2D eigenvalue weighted by Crippen LogP contribution is 2.38. The van der Waals surface area contributed by atoms with Crippen molar-refractivity contribution in [3.05, 3.63) is 23.8 Å². The van der Waals surface area contributed by atoms with Crippen molar-refractivity contribution >= 4 is 0 Å². The Bertz CT molecular complexity index is 446. The highest BCUT2D eigenvalue weighted by atomic mass is 16.5. The van der Waals surface area contributed by atoms with Gasteiger partial charge in [0.15, 0.2) is 11.5 Å². The third-order valence-corrected chi connectivity index (χ3v) is 4.43. The molecule has 0 bridgehead atoms. The van der Waals surface area contributed by atoms with Crippen molar-refractivity contribution in [1.82, 2.24) is 4.90 Å². The maximum absolute atomic E-state index is 5.95. The van der Waals surface area contributed by atoms with Gasteiger partial charge in [0.05, 0.1) is 14.2 Å². The molecular formula is C16H26N2O2. The molecule has 2 atom stereocenters. The number of benzene rings is 1. The van der Waals surface area contributed by atoms with E-state index in [0.29, 0.717) is 12.1 Å². The van der Waals surface area contributed by atoms with E-state index in [4.69, 9.17) is 15.2 Å². The summed E-state index contributed by atoms with van der Waals surface area (Å²) in [7, 11) is 5.49. The second kappa shape index (κ2) is 6.46. The van der Waals surface area contributed by atoms with Gasteiger partial charge in [-0.25, -0.2) is 0 Å². The summed E-state index contributed by atoms with van der Waals surface area (Å²) in [4.78, 5) is 2.39. The molecule has 1 aromatic carbocycles. The van der Waals surface area contributed by atoms with Gasteiger partial charge in [-0.15, -0.1) is 0 Å². The molecule has 0 spiro atoms. The van der Waals surface area contributed by atoms with Crippen LogP contribution in [0.15, 0.2) is 18.2 Å². The molecule has 0 heterocycles. The average molecular weight is 278 g/mol. The Morgan fingerprint density at radius 3 is 2.40 bits per heavy atom. The topological polar surface area (TPSA) is 47.7 Å². The number of ether oxygens (including phenoxy) is 2. The largest absolute Gasteiger partial charge is 0.493 e. The van der Waals surface area contributed by atoms with Crippen LogP contribution in [0.5, 0.6) is 11.5 Å². The van der Waals surface area contributed by atoms with E-state index in [9.17, 15) is 0 Å². The molecule has 0 aliphatic heterocycles. The summed E-state index contributed by atoms with van der Waals surface area (Å²) in [5.74, 6) is 2.32. The molecule has 4 heteroatoms. The highest BCUT2D eigenvalue weighted by Gasteiger charge is 2.34. The minimum absolute atomic E-state index is 0.309. The zero-order valence-electron chi connectivity index (χ0n) is 12.9. The molecule has 112 valence electrons. The molecule has 1 saturated carbocycles. The standard InChI is InChI=1S/C16H26N2O2/c1-11(18(2)14(10-17)12-5-6-12)13-7-8-15(19-3)16(9-13)20-4/h7-9,11-12,14H,5-6,10,17H2,1-4H3. The summed E-state index contributed by atoms with van der Waals surface area (Å²) >= 11 is 0. The summed E-state index contributed by atoms with van der Waals surface area (Å²) in [5, 5.41) is 0. The fourth-order valence-corrected chi connectivity index (χ4v) is 2.81. The molecule has 20 heavy (non-hydrogen) atoms. The number of likely N-dealkylation sites (N-methyl/N-ethyl adjacent to an activating group) is 1. The lowest BCUT2D eigenvalue weighted by Crippen LogP contribution is -2.41. The van der Waals surface area contributed by atoms with Gasteiger partial charge in [0.2, 0.25) is 0 Å². The quantitative estimate of drug-likeness (QED) is 0.832. The number of nitrogens with zero attached hydrogens (tertiary/aromatic N) is 1. The van der Waals surface area contributed by atoms with Crippen LogP contribution in [0.4, 0.5) is 0 Å². The molecule has 2 rings (SSSR count).